The summed E-state index contributed by atoms with van der Waals surface area (Å²) >= 11 is 1.33. The second-order valence-electron chi connectivity index (χ2n) is 18.5. The molecule has 5 atom stereocenters. The van der Waals surface area contributed by atoms with E-state index in [0.717, 1.165) is 17.7 Å². The summed E-state index contributed by atoms with van der Waals surface area (Å²) in [5.74, 6) is -5.00. The van der Waals surface area contributed by atoms with Gasteiger partial charge in [0.05, 0.1) is 17.7 Å². The smallest absolute Gasteiger partial charge is 0.246 e. The van der Waals surface area contributed by atoms with Crippen molar-refractivity contribution in [3.05, 3.63) is 87.9 Å². The molecule has 2 aliphatic heterocycles. The van der Waals surface area contributed by atoms with Gasteiger partial charge in [-0.2, -0.15) is 0 Å². The van der Waals surface area contributed by atoms with Crippen molar-refractivity contribution < 1.29 is 37.5 Å². The zero-order valence-electron chi connectivity index (χ0n) is 35.9. The number of halogens is 2. The number of rotatable bonds is 10. The first-order valence-corrected chi connectivity index (χ1v) is 21.9. The Bertz CT molecular complexity index is 2020. The summed E-state index contributed by atoms with van der Waals surface area (Å²) in [5.41, 5.74) is 2.18. The van der Waals surface area contributed by atoms with Gasteiger partial charge in [0, 0.05) is 37.4 Å². The highest BCUT2D eigenvalue weighted by Gasteiger charge is 2.42. The summed E-state index contributed by atoms with van der Waals surface area (Å²) in [7, 11) is 0. The van der Waals surface area contributed by atoms with Crippen LogP contribution in [0.15, 0.2) is 59.4 Å². The second-order valence-corrected chi connectivity index (χ2v) is 19.2. The molecule has 13 nitrogen and oxygen atoms in total. The number of aryl methyl sites for hydroxylation is 1. The van der Waals surface area contributed by atoms with Crippen LogP contribution in [0.1, 0.15) is 90.5 Å². The van der Waals surface area contributed by atoms with E-state index >= 15 is 0 Å². The monoisotopic (exact) mass is 863 g/mol. The number of hydrogen-bond donors (Lipinski definition) is 4. The predicted molar refractivity (Wildman–Crippen MR) is 228 cm³/mol. The molecule has 5 rings (SSSR count). The van der Waals surface area contributed by atoms with Crippen molar-refractivity contribution in [3.63, 3.8) is 0 Å². The Kier molecular flexibility index (Phi) is 15.8. The van der Waals surface area contributed by atoms with Crippen LogP contribution in [0, 0.1) is 22.5 Å². The zero-order chi connectivity index (χ0) is 44.5. The molecule has 0 bridgehead atoms. The maximum absolute atomic E-state index is 14.6. The molecular weight excluding hydrogens is 805 g/mol. The minimum absolute atomic E-state index is 0.0128. The first-order valence-electron chi connectivity index (χ1n) is 20.9. The fraction of sp³-hybridized carbons (Fsp3) is 0.533. The van der Waals surface area contributed by atoms with Gasteiger partial charge in [-0.05, 0) is 66.5 Å². The van der Waals surface area contributed by atoms with Gasteiger partial charge in [0.2, 0.25) is 35.4 Å². The highest BCUT2D eigenvalue weighted by molar-refractivity contribution is 7.07. The lowest BCUT2D eigenvalue weighted by Gasteiger charge is -2.34. The third-order valence-corrected chi connectivity index (χ3v) is 11.3. The van der Waals surface area contributed by atoms with Crippen molar-refractivity contribution in [2.24, 2.45) is 10.8 Å². The highest BCUT2D eigenvalue weighted by Crippen LogP contribution is 2.25. The lowest BCUT2D eigenvalue weighted by Crippen LogP contribution is -2.61. The van der Waals surface area contributed by atoms with Crippen LogP contribution in [0.3, 0.4) is 0 Å². The van der Waals surface area contributed by atoms with Crippen molar-refractivity contribution >= 4 is 46.8 Å². The maximum atomic E-state index is 14.6. The van der Waals surface area contributed by atoms with Gasteiger partial charge in [-0.15, -0.1) is 11.3 Å². The van der Waals surface area contributed by atoms with Gasteiger partial charge in [-0.1, -0.05) is 77.9 Å². The third-order valence-electron chi connectivity index (χ3n) is 10.7. The highest BCUT2D eigenvalue weighted by atomic mass is 32.1. The van der Waals surface area contributed by atoms with Gasteiger partial charge in [0.1, 0.15) is 41.8 Å². The number of benzene rings is 2. The van der Waals surface area contributed by atoms with Crippen LogP contribution in [0.5, 0.6) is 0 Å². The van der Waals surface area contributed by atoms with Gasteiger partial charge < -0.3 is 31.1 Å². The molecule has 0 aliphatic carbocycles. The second kappa shape index (κ2) is 20.5. The minimum Gasteiger partial charge on any atom is -0.343 e. The van der Waals surface area contributed by atoms with E-state index in [1.54, 1.807) is 10.9 Å². The summed E-state index contributed by atoms with van der Waals surface area (Å²) in [4.78, 5) is 93.4. The molecule has 2 fully saturated rings. The van der Waals surface area contributed by atoms with E-state index < -0.39 is 94.7 Å². The standard InChI is InChI=1S/C45H59F2N7O6S/c1-44(2,3)23-35-40(57)50-33(20-28-12-8-7-9-13-28)39(56)52-36(24-45(4,5)6)41(58)51-34(22-31-26-61-27-48-31)42(59)54-19-11-15-37(54)43(60)53(25-38(55)49-35)18-10-14-29-16-17-30(46)21-32(29)47/h7-9,12-13,16-17,21,26-27,33-37H,10-11,14-15,18-20,22-25H2,1-6H3,(H,49,55)(H,50,57)(H,51,58)(H,52,56)/t33-,34+,35+,36+,37-/m1/s1. The number of hydrogen-bond acceptors (Lipinski definition) is 8. The number of carbonyl (C=O) groups excluding carboxylic acids is 6. The van der Waals surface area contributed by atoms with E-state index in [1.165, 1.54) is 27.2 Å². The zero-order valence-corrected chi connectivity index (χ0v) is 36.7. The number of carbonyl (C=O) groups is 6. The third kappa shape index (κ3) is 13.9. The molecule has 1 aromatic heterocycles. The van der Waals surface area contributed by atoms with Crippen LogP contribution in [-0.4, -0.2) is 100 Å². The maximum Gasteiger partial charge on any atom is 0.246 e. The minimum atomic E-state index is -1.17. The van der Waals surface area contributed by atoms with E-state index in [9.17, 15) is 37.5 Å². The Morgan fingerprint density at radius 1 is 0.754 bits per heavy atom. The molecule has 0 radical (unpaired) electrons. The van der Waals surface area contributed by atoms with E-state index in [-0.39, 0.29) is 63.6 Å². The summed E-state index contributed by atoms with van der Waals surface area (Å²) in [6.07, 6.45) is 1.51. The molecule has 6 amide bonds. The quantitative estimate of drug-likeness (QED) is 0.233. The molecule has 2 aromatic carbocycles. The van der Waals surface area contributed by atoms with Crippen LogP contribution in [0.25, 0.3) is 0 Å². The lowest BCUT2D eigenvalue weighted by atomic mass is 9.87. The number of nitrogens with zero attached hydrogens (tertiary/aromatic N) is 3. The molecule has 330 valence electrons. The van der Waals surface area contributed by atoms with Gasteiger partial charge in [0.25, 0.3) is 0 Å². The van der Waals surface area contributed by atoms with Crippen molar-refractivity contribution in [1.29, 1.82) is 0 Å². The van der Waals surface area contributed by atoms with Crippen LogP contribution < -0.4 is 21.3 Å². The first kappa shape index (κ1) is 46.8. The Hall–Kier alpha value is -5.25. The molecule has 0 saturated carbocycles. The van der Waals surface area contributed by atoms with E-state index in [0.29, 0.717) is 12.1 Å². The SMILES string of the molecule is CC(C)(C)C[C@@H]1NC(=O)CN(CCCc2ccc(F)cc2F)C(=O)[C@H]2CCCN2C(=O)[C@H](Cc2cscn2)NC(=O)[C@H](CC(C)(C)C)NC(=O)[C@@H](Cc2ccccc2)NC1=O. The van der Waals surface area contributed by atoms with Gasteiger partial charge in [-0.3, -0.25) is 28.8 Å². The summed E-state index contributed by atoms with van der Waals surface area (Å²) in [6, 6.07) is 6.74. The Morgan fingerprint density at radius 2 is 1.38 bits per heavy atom. The lowest BCUT2D eigenvalue weighted by molar-refractivity contribution is -0.147. The molecule has 16 heteroatoms. The predicted octanol–water partition coefficient (Wildman–Crippen LogP) is 4.48. The molecule has 2 saturated heterocycles. The first-order chi connectivity index (χ1) is 28.8. The largest absolute Gasteiger partial charge is 0.343 e. The summed E-state index contributed by atoms with van der Waals surface area (Å²) < 4.78 is 28.3. The van der Waals surface area contributed by atoms with Crippen LogP contribution in [-0.2, 0) is 48.0 Å². The van der Waals surface area contributed by atoms with E-state index in [1.807, 2.05) is 71.9 Å². The molecule has 3 aromatic rings. The summed E-state index contributed by atoms with van der Waals surface area (Å²) in [5, 5.41) is 13.2. The number of amides is 6. The molecule has 0 unspecified atom stereocenters. The van der Waals surface area contributed by atoms with Crippen LogP contribution >= 0.6 is 11.3 Å². The Balaban J connectivity index is 1.55. The summed E-state index contributed by atoms with van der Waals surface area (Å²) in [6.45, 7) is 11.2. The van der Waals surface area contributed by atoms with Gasteiger partial charge in [-0.25, -0.2) is 13.8 Å². The number of aromatic nitrogens is 1. The number of nitrogens with one attached hydrogen (secondary N) is 4. The number of thiazole rings is 1. The van der Waals surface area contributed by atoms with E-state index in [4.69, 9.17) is 0 Å². The topological polar surface area (TPSA) is 170 Å². The molecule has 61 heavy (non-hydrogen) atoms. The fourth-order valence-electron chi connectivity index (χ4n) is 7.83. The van der Waals surface area contributed by atoms with Crippen molar-refractivity contribution in [2.45, 2.75) is 123 Å². The normalized spacial score (nSPS) is 22.8. The average Bonchev–Trinajstić information content (AvgIpc) is 3.89. The van der Waals surface area contributed by atoms with Crippen molar-refractivity contribution in [3.8, 4) is 0 Å². The Morgan fingerprint density at radius 3 is 2.00 bits per heavy atom. The molecule has 4 N–H and O–H groups in total. The van der Waals surface area contributed by atoms with Crippen LogP contribution in [0.4, 0.5) is 8.78 Å². The van der Waals surface area contributed by atoms with Gasteiger partial charge in [0.15, 0.2) is 0 Å². The molecular formula is C45H59F2N7O6S. The fourth-order valence-corrected chi connectivity index (χ4v) is 8.40. The molecule has 3 heterocycles. The molecule has 2 aliphatic rings. The van der Waals surface area contributed by atoms with E-state index in [2.05, 4.69) is 26.3 Å². The number of fused-ring (bicyclic) bond motifs is 1. The van der Waals surface area contributed by atoms with Crippen molar-refractivity contribution in [1.82, 2.24) is 36.1 Å². The average molecular weight is 864 g/mol. The Labute approximate surface area is 360 Å². The van der Waals surface area contributed by atoms with Crippen LogP contribution in [0.2, 0.25) is 0 Å². The molecule has 0 spiro atoms. The van der Waals surface area contributed by atoms with Gasteiger partial charge >= 0.3 is 0 Å². The van der Waals surface area contributed by atoms with Crippen molar-refractivity contribution in [2.75, 3.05) is 19.6 Å².